The molecule has 2 aromatic carbocycles. The van der Waals surface area contributed by atoms with Crippen molar-refractivity contribution in [2.45, 2.75) is 25.4 Å². The Labute approximate surface area is 113 Å². The molecule has 1 aliphatic heterocycles. The lowest BCUT2D eigenvalue weighted by Crippen LogP contribution is -2.12. The van der Waals surface area contributed by atoms with E-state index in [1.54, 1.807) is 0 Å². The van der Waals surface area contributed by atoms with Gasteiger partial charge in [0.25, 0.3) is 0 Å². The van der Waals surface area contributed by atoms with Crippen molar-refractivity contribution in [2.75, 3.05) is 5.73 Å². The molecule has 1 fully saturated rings. The zero-order chi connectivity index (χ0) is 13.2. The summed E-state index contributed by atoms with van der Waals surface area (Å²) in [5.74, 6) is 0. The predicted octanol–water partition coefficient (Wildman–Crippen LogP) is 3.44. The number of rotatable bonds is 2. The Kier molecular flexibility index (Phi) is 3.23. The molecule has 0 bridgehead atoms. The third-order valence-corrected chi connectivity index (χ3v) is 3.41. The zero-order valence-corrected chi connectivity index (χ0v) is 10.8. The van der Waals surface area contributed by atoms with E-state index in [1.165, 1.54) is 0 Å². The second-order valence-corrected chi connectivity index (χ2v) is 4.77. The fourth-order valence-corrected chi connectivity index (χ4v) is 2.41. The van der Waals surface area contributed by atoms with Crippen LogP contribution < -0.4 is 5.73 Å². The van der Waals surface area contributed by atoms with Crippen LogP contribution in [0.2, 0.25) is 0 Å². The molecule has 0 saturated carbocycles. The van der Waals surface area contributed by atoms with Gasteiger partial charge in [0.2, 0.25) is 0 Å². The van der Waals surface area contributed by atoms with E-state index in [-0.39, 0.29) is 18.5 Å². The first-order valence-corrected chi connectivity index (χ1v) is 6.46. The molecular weight excluding hydrogens is 238 g/mol. The van der Waals surface area contributed by atoms with E-state index in [1.807, 2.05) is 61.5 Å². The quantitative estimate of drug-likeness (QED) is 0.836. The number of anilines is 1. The predicted molar refractivity (Wildman–Crippen MR) is 74.4 cm³/mol. The first-order valence-electron chi connectivity index (χ1n) is 6.46. The maximum atomic E-state index is 6.02. The molecule has 0 radical (unpaired) electrons. The van der Waals surface area contributed by atoms with Gasteiger partial charge in [-0.2, -0.15) is 0 Å². The monoisotopic (exact) mass is 255 g/mol. The molecule has 19 heavy (non-hydrogen) atoms. The van der Waals surface area contributed by atoms with Crippen molar-refractivity contribution in [3.8, 4) is 0 Å². The van der Waals surface area contributed by atoms with Crippen LogP contribution in [0.5, 0.6) is 0 Å². The first-order chi connectivity index (χ1) is 9.25. The van der Waals surface area contributed by atoms with Gasteiger partial charge in [-0.15, -0.1) is 0 Å². The van der Waals surface area contributed by atoms with Crippen LogP contribution in [0.15, 0.2) is 54.6 Å². The largest absolute Gasteiger partial charge is 0.398 e. The summed E-state index contributed by atoms with van der Waals surface area (Å²) in [6.07, 6.45) is -0.456. The summed E-state index contributed by atoms with van der Waals surface area (Å²) in [4.78, 5) is 0. The molecule has 1 saturated heterocycles. The summed E-state index contributed by atoms with van der Waals surface area (Å²) in [6, 6.07) is 17.7. The van der Waals surface area contributed by atoms with Crippen molar-refractivity contribution >= 4 is 5.69 Å². The highest BCUT2D eigenvalue weighted by atomic mass is 16.7. The number of para-hydroxylation sites is 1. The van der Waals surface area contributed by atoms with Crippen LogP contribution >= 0.6 is 0 Å². The minimum atomic E-state index is -0.319. The first kappa shape index (κ1) is 12.2. The molecule has 1 heterocycles. The lowest BCUT2D eigenvalue weighted by molar-refractivity contribution is -0.0676. The lowest BCUT2D eigenvalue weighted by atomic mass is 10.0. The molecule has 3 rings (SSSR count). The molecule has 1 unspecified atom stereocenters. The van der Waals surface area contributed by atoms with Crippen molar-refractivity contribution in [1.29, 1.82) is 0 Å². The summed E-state index contributed by atoms with van der Waals surface area (Å²) in [6.45, 7) is 2.01. The summed E-state index contributed by atoms with van der Waals surface area (Å²) in [5, 5.41) is 0. The van der Waals surface area contributed by atoms with Crippen molar-refractivity contribution in [3.63, 3.8) is 0 Å². The second kappa shape index (κ2) is 5.03. The number of hydrogen-bond acceptors (Lipinski definition) is 3. The molecule has 3 atom stereocenters. The molecular formula is C16H17NO2. The highest BCUT2D eigenvalue weighted by Crippen LogP contribution is 2.41. The molecule has 2 N–H and O–H groups in total. The summed E-state index contributed by atoms with van der Waals surface area (Å²) in [5.41, 5.74) is 8.79. The fourth-order valence-electron chi connectivity index (χ4n) is 2.41. The SMILES string of the molecule is C[C@H]1OC(c2ccccc2)O[C@@H]1c1ccccc1N. The summed E-state index contributed by atoms with van der Waals surface area (Å²) < 4.78 is 11.9. The van der Waals surface area contributed by atoms with Gasteiger partial charge in [-0.1, -0.05) is 48.5 Å². The molecule has 3 nitrogen and oxygen atoms in total. The number of nitrogens with two attached hydrogens (primary N) is 1. The van der Waals surface area contributed by atoms with Gasteiger partial charge in [0.1, 0.15) is 6.10 Å². The van der Waals surface area contributed by atoms with Crippen LogP contribution in [0.25, 0.3) is 0 Å². The number of ether oxygens (including phenoxy) is 2. The van der Waals surface area contributed by atoms with Crippen molar-refractivity contribution in [3.05, 3.63) is 65.7 Å². The van der Waals surface area contributed by atoms with E-state index in [0.29, 0.717) is 0 Å². The Hall–Kier alpha value is -1.84. The number of nitrogen functional groups attached to an aromatic ring is 1. The molecule has 0 aromatic heterocycles. The normalized spacial score (nSPS) is 26.5. The van der Waals surface area contributed by atoms with Gasteiger partial charge in [0.05, 0.1) is 6.10 Å². The summed E-state index contributed by atoms with van der Waals surface area (Å²) in [7, 11) is 0. The molecule has 1 aliphatic rings. The van der Waals surface area contributed by atoms with E-state index in [4.69, 9.17) is 15.2 Å². The van der Waals surface area contributed by atoms with Gasteiger partial charge in [-0.25, -0.2) is 0 Å². The van der Waals surface area contributed by atoms with Crippen molar-refractivity contribution in [1.82, 2.24) is 0 Å². The maximum absolute atomic E-state index is 6.02. The van der Waals surface area contributed by atoms with Gasteiger partial charge in [-0.05, 0) is 13.0 Å². The highest BCUT2D eigenvalue weighted by molar-refractivity contribution is 5.48. The van der Waals surface area contributed by atoms with Crippen LogP contribution in [-0.2, 0) is 9.47 Å². The Balaban J connectivity index is 1.85. The fraction of sp³-hybridized carbons (Fsp3) is 0.250. The van der Waals surface area contributed by atoms with Crippen molar-refractivity contribution in [2.24, 2.45) is 0 Å². The van der Waals surface area contributed by atoms with Crippen LogP contribution in [0, 0.1) is 0 Å². The molecule has 0 amide bonds. The molecule has 3 heteroatoms. The van der Waals surface area contributed by atoms with Crippen LogP contribution in [0.4, 0.5) is 5.69 Å². The lowest BCUT2D eigenvalue weighted by Gasteiger charge is -2.15. The minimum Gasteiger partial charge on any atom is -0.398 e. The standard InChI is InChI=1S/C16H17NO2/c1-11-15(13-9-5-6-10-14(13)17)19-16(18-11)12-7-3-2-4-8-12/h2-11,15-16H,17H2,1H3/t11-,15+,16?/m1/s1. The third kappa shape index (κ3) is 2.35. The minimum absolute atomic E-state index is 0.0186. The highest BCUT2D eigenvalue weighted by Gasteiger charge is 2.35. The van der Waals surface area contributed by atoms with Gasteiger partial charge < -0.3 is 15.2 Å². The Morgan fingerprint density at radius 2 is 1.58 bits per heavy atom. The van der Waals surface area contributed by atoms with Crippen molar-refractivity contribution < 1.29 is 9.47 Å². The average Bonchev–Trinajstić information content (AvgIpc) is 2.82. The zero-order valence-electron chi connectivity index (χ0n) is 10.8. The van der Waals surface area contributed by atoms with E-state index in [0.717, 1.165) is 16.8 Å². The number of benzene rings is 2. The van der Waals surface area contributed by atoms with Crippen LogP contribution in [0.3, 0.4) is 0 Å². The summed E-state index contributed by atoms with van der Waals surface area (Å²) >= 11 is 0. The third-order valence-electron chi connectivity index (χ3n) is 3.41. The maximum Gasteiger partial charge on any atom is 0.185 e. The molecule has 0 aliphatic carbocycles. The Bertz CT molecular complexity index is 556. The van der Waals surface area contributed by atoms with Crippen LogP contribution in [0.1, 0.15) is 30.4 Å². The number of hydrogen-bond donors (Lipinski definition) is 1. The molecule has 98 valence electrons. The topological polar surface area (TPSA) is 44.5 Å². The van der Waals surface area contributed by atoms with Gasteiger partial charge >= 0.3 is 0 Å². The van der Waals surface area contributed by atoms with Crippen LogP contribution in [-0.4, -0.2) is 6.10 Å². The van der Waals surface area contributed by atoms with Gasteiger partial charge in [0.15, 0.2) is 6.29 Å². The van der Waals surface area contributed by atoms with E-state index in [9.17, 15) is 0 Å². The smallest absolute Gasteiger partial charge is 0.185 e. The average molecular weight is 255 g/mol. The Morgan fingerprint density at radius 1 is 0.895 bits per heavy atom. The van der Waals surface area contributed by atoms with E-state index in [2.05, 4.69) is 0 Å². The van der Waals surface area contributed by atoms with E-state index >= 15 is 0 Å². The molecule has 0 spiro atoms. The molecule has 2 aromatic rings. The second-order valence-electron chi connectivity index (χ2n) is 4.77. The van der Waals surface area contributed by atoms with E-state index < -0.39 is 0 Å². The van der Waals surface area contributed by atoms with Gasteiger partial charge in [-0.3, -0.25) is 0 Å². The Morgan fingerprint density at radius 3 is 2.32 bits per heavy atom. The van der Waals surface area contributed by atoms with Gasteiger partial charge in [0, 0.05) is 16.8 Å².